The van der Waals surface area contributed by atoms with Gasteiger partial charge in [-0.25, -0.2) is 0 Å². The van der Waals surface area contributed by atoms with E-state index >= 15 is 0 Å². The number of nitrogens with zero attached hydrogens (tertiary/aromatic N) is 1. The summed E-state index contributed by atoms with van der Waals surface area (Å²) in [6, 6.07) is 19.0. The first-order valence-electron chi connectivity index (χ1n) is 11.1. The van der Waals surface area contributed by atoms with Crippen molar-refractivity contribution in [2.45, 2.75) is 25.8 Å². The normalized spacial score (nSPS) is 15.1. The van der Waals surface area contributed by atoms with Gasteiger partial charge in [0.05, 0.1) is 23.6 Å². The van der Waals surface area contributed by atoms with E-state index in [2.05, 4.69) is 22.9 Å². The van der Waals surface area contributed by atoms with Crippen molar-refractivity contribution in [3.8, 4) is 5.75 Å². The number of amides is 1. The number of hydrogen-bond donors (Lipinski definition) is 0. The van der Waals surface area contributed by atoms with Crippen molar-refractivity contribution in [1.82, 2.24) is 0 Å². The molecule has 0 N–H and O–H groups in total. The third-order valence-electron chi connectivity index (χ3n) is 5.86. The maximum absolute atomic E-state index is 13.7. The van der Waals surface area contributed by atoms with Crippen LogP contribution in [0.25, 0.3) is 11.0 Å². The van der Waals surface area contributed by atoms with Crippen LogP contribution in [0.15, 0.2) is 80.4 Å². The standard InChI is InChI=1S/C27H21BrClNO4/c1-2-3-12-33-20-9-4-6-16(13-20)24-23-25(31)21-14-17(28)10-11-22(21)34-26(23)27(32)30(24)19-8-5-7-18(29)15-19/h4-11,13-15,24H,2-3,12H2,1H3. The van der Waals surface area contributed by atoms with Crippen LogP contribution >= 0.6 is 27.5 Å². The smallest absolute Gasteiger partial charge is 0.295 e. The second-order valence-corrected chi connectivity index (χ2v) is 9.50. The van der Waals surface area contributed by atoms with Gasteiger partial charge >= 0.3 is 0 Å². The summed E-state index contributed by atoms with van der Waals surface area (Å²) < 4.78 is 12.7. The monoisotopic (exact) mass is 537 g/mol. The Morgan fingerprint density at radius 1 is 1.06 bits per heavy atom. The minimum Gasteiger partial charge on any atom is -0.494 e. The molecule has 1 aromatic heterocycles. The minimum atomic E-state index is -0.685. The first-order valence-corrected chi connectivity index (χ1v) is 12.2. The molecule has 5 rings (SSSR count). The number of carbonyl (C=O) groups is 1. The predicted octanol–water partition coefficient (Wildman–Crippen LogP) is 7.14. The first kappa shape index (κ1) is 22.7. The summed E-state index contributed by atoms with van der Waals surface area (Å²) in [4.78, 5) is 29.0. The Kier molecular flexibility index (Phi) is 6.19. The van der Waals surface area contributed by atoms with Gasteiger partial charge in [-0.2, -0.15) is 0 Å². The van der Waals surface area contributed by atoms with Crippen LogP contribution in [0.1, 0.15) is 47.5 Å². The van der Waals surface area contributed by atoms with Crippen LogP contribution in [0.2, 0.25) is 5.02 Å². The number of anilines is 1. The second kappa shape index (κ2) is 9.28. The van der Waals surface area contributed by atoms with Crippen molar-refractivity contribution in [3.05, 3.63) is 103 Å². The molecule has 0 aliphatic carbocycles. The molecule has 0 saturated heterocycles. The zero-order valence-corrected chi connectivity index (χ0v) is 20.7. The number of rotatable bonds is 6. The largest absolute Gasteiger partial charge is 0.494 e. The Morgan fingerprint density at radius 3 is 2.68 bits per heavy atom. The van der Waals surface area contributed by atoms with E-state index in [9.17, 15) is 9.59 Å². The molecule has 1 atom stereocenters. The Bertz CT molecular complexity index is 1460. The summed E-state index contributed by atoms with van der Waals surface area (Å²) in [7, 11) is 0. The molecule has 1 unspecified atom stereocenters. The van der Waals surface area contributed by atoms with Gasteiger partial charge in [-0.1, -0.05) is 59.1 Å². The number of ether oxygens (including phenoxy) is 1. The van der Waals surface area contributed by atoms with Crippen LogP contribution in [0.3, 0.4) is 0 Å². The average Bonchev–Trinajstić information content (AvgIpc) is 3.12. The molecule has 4 aromatic rings. The number of hydrogen-bond acceptors (Lipinski definition) is 4. The molecular weight excluding hydrogens is 518 g/mol. The summed E-state index contributed by atoms with van der Waals surface area (Å²) in [5, 5.41) is 0.902. The summed E-state index contributed by atoms with van der Waals surface area (Å²) in [6.45, 7) is 2.70. The maximum atomic E-state index is 13.7. The minimum absolute atomic E-state index is 0.0436. The van der Waals surface area contributed by atoms with Crippen LogP contribution in [-0.2, 0) is 0 Å². The summed E-state index contributed by atoms with van der Waals surface area (Å²) in [6.07, 6.45) is 1.96. The average molecular weight is 539 g/mol. The van der Waals surface area contributed by atoms with E-state index < -0.39 is 6.04 Å². The van der Waals surface area contributed by atoms with E-state index in [4.69, 9.17) is 20.8 Å². The quantitative estimate of drug-likeness (QED) is 0.245. The highest BCUT2D eigenvalue weighted by Gasteiger charge is 2.43. The zero-order valence-electron chi connectivity index (χ0n) is 18.4. The van der Waals surface area contributed by atoms with Crippen molar-refractivity contribution in [3.63, 3.8) is 0 Å². The molecule has 2 heterocycles. The van der Waals surface area contributed by atoms with Crippen LogP contribution in [-0.4, -0.2) is 12.5 Å². The fourth-order valence-electron chi connectivity index (χ4n) is 4.26. The van der Waals surface area contributed by atoms with Gasteiger partial charge in [0.2, 0.25) is 5.76 Å². The SMILES string of the molecule is CCCCOc1cccc(C2c3c(oc4ccc(Br)cc4c3=O)C(=O)N2c2cccc(Cl)c2)c1. The van der Waals surface area contributed by atoms with Gasteiger partial charge < -0.3 is 9.15 Å². The van der Waals surface area contributed by atoms with Crippen LogP contribution in [0.5, 0.6) is 5.75 Å². The van der Waals surface area contributed by atoms with E-state index in [0.29, 0.717) is 39.6 Å². The number of unbranched alkanes of at least 4 members (excludes halogenated alkanes) is 1. The molecule has 0 radical (unpaired) electrons. The van der Waals surface area contributed by atoms with Gasteiger partial charge in [-0.3, -0.25) is 14.5 Å². The maximum Gasteiger partial charge on any atom is 0.295 e. The molecule has 34 heavy (non-hydrogen) atoms. The molecular formula is C27H21BrClNO4. The highest BCUT2D eigenvalue weighted by atomic mass is 79.9. The summed E-state index contributed by atoms with van der Waals surface area (Å²) in [5.41, 5.74) is 1.77. The fourth-order valence-corrected chi connectivity index (χ4v) is 4.81. The second-order valence-electron chi connectivity index (χ2n) is 8.15. The highest BCUT2D eigenvalue weighted by molar-refractivity contribution is 9.10. The van der Waals surface area contributed by atoms with Crippen molar-refractivity contribution in [1.29, 1.82) is 0 Å². The Morgan fingerprint density at radius 2 is 1.88 bits per heavy atom. The molecule has 3 aromatic carbocycles. The number of carbonyl (C=O) groups excluding carboxylic acids is 1. The molecule has 0 bridgehead atoms. The molecule has 5 nitrogen and oxygen atoms in total. The lowest BCUT2D eigenvalue weighted by Crippen LogP contribution is -2.29. The van der Waals surface area contributed by atoms with Crippen molar-refractivity contribution in [2.75, 3.05) is 11.5 Å². The van der Waals surface area contributed by atoms with Gasteiger partial charge in [-0.15, -0.1) is 0 Å². The molecule has 1 aliphatic rings. The molecule has 1 amide bonds. The first-order chi connectivity index (χ1) is 16.5. The van der Waals surface area contributed by atoms with Crippen LogP contribution in [0, 0.1) is 0 Å². The number of fused-ring (bicyclic) bond motifs is 2. The Hall–Kier alpha value is -3.09. The predicted molar refractivity (Wildman–Crippen MR) is 137 cm³/mol. The lowest BCUT2D eigenvalue weighted by molar-refractivity contribution is 0.0971. The topological polar surface area (TPSA) is 59.8 Å². The van der Waals surface area contributed by atoms with E-state index in [1.165, 1.54) is 0 Å². The van der Waals surface area contributed by atoms with Crippen molar-refractivity contribution in [2.24, 2.45) is 0 Å². The Balaban J connectivity index is 1.72. The molecule has 172 valence electrons. The van der Waals surface area contributed by atoms with E-state index in [0.717, 1.165) is 22.9 Å². The van der Waals surface area contributed by atoms with Gasteiger partial charge in [-0.05, 0) is 60.5 Å². The molecule has 7 heteroatoms. The van der Waals surface area contributed by atoms with Gasteiger partial charge in [0, 0.05) is 15.2 Å². The third kappa shape index (κ3) is 4.01. The number of halogens is 2. The zero-order chi connectivity index (χ0) is 23.8. The van der Waals surface area contributed by atoms with E-state index in [1.54, 1.807) is 47.4 Å². The molecule has 0 fully saturated rings. The van der Waals surface area contributed by atoms with Crippen molar-refractivity contribution < 1.29 is 13.9 Å². The van der Waals surface area contributed by atoms with E-state index in [-0.39, 0.29) is 17.1 Å². The molecule has 0 saturated carbocycles. The van der Waals surface area contributed by atoms with Crippen LogP contribution in [0.4, 0.5) is 5.69 Å². The Labute approximate surface area is 210 Å². The van der Waals surface area contributed by atoms with Gasteiger partial charge in [0.25, 0.3) is 5.91 Å². The molecule has 0 spiro atoms. The summed E-state index contributed by atoms with van der Waals surface area (Å²) in [5.74, 6) is 0.342. The van der Waals surface area contributed by atoms with Crippen LogP contribution < -0.4 is 15.1 Å². The molecule has 1 aliphatic heterocycles. The fraction of sp³-hybridized carbons (Fsp3) is 0.185. The lowest BCUT2D eigenvalue weighted by atomic mass is 9.98. The number of benzene rings is 3. The highest BCUT2D eigenvalue weighted by Crippen LogP contribution is 2.42. The van der Waals surface area contributed by atoms with Crippen molar-refractivity contribution >= 4 is 50.1 Å². The van der Waals surface area contributed by atoms with Gasteiger partial charge in [0.1, 0.15) is 11.3 Å². The summed E-state index contributed by atoms with van der Waals surface area (Å²) >= 11 is 9.68. The van der Waals surface area contributed by atoms with Gasteiger partial charge in [0.15, 0.2) is 5.43 Å². The lowest BCUT2D eigenvalue weighted by Gasteiger charge is -2.25. The third-order valence-corrected chi connectivity index (χ3v) is 6.59. The van der Waals surface area contributed by atoms with E-state index in [1.807, 2.05) is 24.3 Å².